The Balaban J connectivity index is 2.65. The molecule has 0 aliphatic heterocycles. The first-order valence-corrected chi connectivity index (χ1v) is 5.20. The van der Waals surface area contributed by atoms with Crippen molar-refractivity contribution >= 4 is 5.69 Å². The summed E-state index contributed by atoms with van der Waals surface area (Å²) in [4.78, 5) is 0. The zero-order valence-corrected chi connectivity index (χ0v) is 9.64. The molecule has 2 nitrogen and oxygen atoms in total. The lowest BCUT2D eigenvalue weighted by Gasteiger charge is -2.10. The van der Waals surface area contributed by atoms with Crippen molar-refractivity contribution in [1.82, 2.24) is 0 Å². The normalized spacial score (nSPS) is 12.4. The average molecular weight is 245 g/mol. The Labute approximate surface area is 98.1 Å². The summed E-state index contributed by atoms with van der Waals surface area (Å²) in [5, 5.41) is 3.06. The van der Waals surface area contributed by atoms with Gasteiger partial charge >= 0.3 is 6.36 Å². The molecule has 0 aliphatic rings. The number of alkyl halides is 3. The molecule has 0 unspecified atom stereocenters. The van der Waals surface area contributed by atoms with Gasteiger partial charge in [0.2, 0.25) is 0 Å². The molecule has 0 atom stereocenters. The van der Waals surface area contributed by atoms with Crippen LogP contribution >= 0.6 is 0 Å². The maximum absolute atomic E-state index is 11.9. The number of halogens is 3. The van der Waals surface area contributed by atoms with E-state index >= 15 is 0 Å². The largest absolute Gasteiger partial charge is 0.573 e. The molecule has 94 valence electrons. The molecular weight excluding hydrogens is 231 g/mol. The van der Waals surface area contributed by atoms with Crippen molar-refractivity contribution < 1.29 is 17.9 Å². The van der Waals surface area contributed by atoms with Crippen LogP contribution in [-0.4, -0.2) is 6.36 Å². The molecule has 17 heavy (non-hydrogen) atoms. The topological polar surface area (TPSA) is 21.3 Å². The molecule has 5 heteroatoms. The summed E-state index contributed by atoms with van der Waals surface area (Å²) >= 11 is 0. The van der Waals surface area contributed by atoms with E-state index in [-0.39, 0.29) is 5.75 Å². The van der Waals surface area contributed by atoms with Crippen molar-refractivity contribution in [2.24, 2.45) is 0 Å². The van der Waals surface area contributed by atoms with Crippen molar-refractivity contribution in [2.45, 2.75) is 26.6 Å². The number of allylic oxidation sites excluding steroid dienone is 2. The van der Waals surface area contributed by atoms with E-state index in [4.69, 9.17) is 0 Å². The lowest BCUT2D eigenvalue weighted by molar-refractivity contribution is -0.274. The zero-order chi connectivity index (χ0) is 12.9. The van der Waals surface area contributed by atoms with Crippen molar-refractivity contribution in [3.05, 3.63) is 36.0 Å². The van der Waals surface area contributed by atoms with Crippen molar-refractivity contribution in [1.29, 1.82) is 0 Å². The average Bonchev–Trinajstić information content (AvgIpc) is 2.19. The van der Waals surface area contributed by atoms with Crippen LogP contribution in [0.1, 0.15) is 20.3 Å². The summed E-state index contributed by atoms with van der Waals surface area (Å²) in [7, 11) is 0. The highest BCUT2D eigenvalue weighted by atomic mass is 19.4. The van der Waals surface area contributed by atoms with Crippen LogP contribution < -0.4 is 10.1 Å². The Morgan fingerprint density at radius 2 is 1.88 bits per heavy atom. The number of ether oxygens (including phenoxy) is 1. The number of hydrogen-bond acceptors (Lipinski definition) is 2. The quantitative estimate of drug-likeness (QED) is 0.853. The second-order valence-corrected chi connectivity index (χ2v) is 3.49. The maximum atomic E-state index is 11.9. The van der Waals surface area contributed by atoms with E-state index in [0.29, 0.717) is 0 Å². The van der Waals surface area contributed by atoms with Crippen LogP contribution in [0.2, 0.25) is 0 Å². The van der Waals surface area contributed by atoms with Gasteiger partial charge in [0.1, 0.15) is 5.75 Å². The first-order valence-electron chi connectivity index (χ1n) is 5.20. The molecule has 1 aromatic rings. The first-order chi connectivity index (χ1) is 7.90. The molecule has 0 aliphatic carbocycles. The first kappa shape index (κ1) is 13.4. The highest BCUT2D eigenvalue weighted by Gasteiger charge is 2.30. The SMILES string of the molecule is CC/C=C(/C)Nc1ccc(OC(F)(F)F)cc1. The lowest BCUT2D eigenvalue weighted by Crippen LogP contribution is -2.17. The predicted octanol–water partition coefficient (Wildman–Crippen LogP) is 4.31. The van der Waals surface area contributed by atoms with Gasteiger partial charge in [-0.25, -0.2) is 0 Å². The van der Waals surface area contributed by atoms with Crippen LogP contribution in [0.5, 0.6) is 5.75 Å². The van der Waals surface area contributed by atoms with Crippen molar-refractivity contribution in [3.8, 4) is 5.75 Å². The third-order valence-corrected chi connectivity index (χ3v) is 1.94. The summed E-state index contributed by atoms with van der Waals surface area (Å²) in [6.07, 6.45) is -1.76. The minimum atomic E-state index is -4.65. The van der Waals surface area contributed by atoms with Crippen molar-refractivity contribution in [3.63, 3.8) is 0 Å². The summed E-state index contributed by atoms with van der Waals surface area (Å²) in [6.45, 7) is 3.90. The molecule has 1 N–H and O–H groups in total. The van der Waals surface area contributed by atoms with Crippen LogP contribution in [-0.2, 0) is 0 Å². The highest BCUT2D eigenvalue weighted by Crippen LogP contribution is 2.24. The standard InChI is InChI=1S/C12H14F3NO/c1-3-4-9(2)16-10-5-7-11(8-6-10)17-12(13,14)15/h4-8,16H,3H2,1-2H3/b9-4-. The van der Waals surface area contributed by atoms with E-state index in [9.17, 15) is 13.2 Å². The minimum Gasteiger partial charge on any atom is -0.406 e. The maximum Gasteiger partial charge on any atom is 0.573 e. The number of hydrogen-bond donors (Lipinski definition) is 1. The molecule has 1 aromatic carbocycles. The number of anilines is 1. The van der Waals surface area contributed by atoms with Crippen LogP contribution in [0.3, 0.4) is 0 Å². The smallest absolute Gasteiger partial charge is 0.406 e. The van der Waals surface area contributed by atoms with E-state index in [0.717, 1.165) is 17.8 Å². The van der Waals surface area contributed by atoms with E-state index in [1.807, 2.05) is 19.9 Å². The predicted molar refractivity (Wildman–Crippen MR) is 60.8 cm³/mol. The minimum absolute atomic E-state index is 0.222. The van der Waals surface area contributed by atoms with E-state index in [2.05, 4.69) is 10.1 Å². The van der Waals surface area contributed by atoms with Gasteiger partial charge in [-0.15, -0.1) is 13.2 Å². The lowest BCUT2D eigenvalue weighted by atomic mass is 10.3. The van der Waals surface area contributed by atoms with Crippen molar-refractivity contribution in [2.75, 3.05) is 5.32 Å². The van der Waals surface area contributed by atoms with Gasteiger partial charge < -0.3 is 10.1 Å². The molecular formula is C12H14F3NO. The molecule has 0 heterocycles. The van der Waals surface area contributed by atoms with Gasteiger partial charge in [0, 0.05) is 11.4 Å². The Kier molecular flexibility index (Phi) is 4.43. The molecule has 0 spiro atoms. The Morgan fingerprint density at radius 1 is 1.29 bits per heavy atom. The number of rotatable bonds is 4. The van der Waals surface area contributed by atoms with Gasteiger partial charge in [-0.05, 0) is 37.6 Å². The molecule has 0 fully saturated rings. The van der Waals surface area contributed by atoms with Gasteiger partial charge in [0.05, 0.1) is 0 Å². The van der Waals surface area contributed by atoms with E-state index < -0.39 is 6.36 Å². The van der Waals surface area contributed by atoms with Crippen LogP contribution in [0.25, 0.3) is 0 Å². The Morgan fingerprint density at radius 3 is 2.35 bits per heavy atom. The summed E-state index contributed by atoms with van der Waals surface area (Å²) in [5.74, 6) is -0.222. The van der Waals surface area contributed by atoms with E-state index in [1.165, 1.54) is 24.3 Å². The van der Waals surface area contributed by atoms with Gasteiger partial charge in [0.15, 0.2) is 0 Å². The second kappa shape index (κ2) is 5.61. The third kappa shape index (κ3) is 5.29. The summed E-state index contributed by atoms with van der Waals surface area (Å²) < 4.78 is 39.5. The molecule has 0 radical (unpaired) electrons. The number of nitrogens with one attached hydrogen (secondary N) is 1. The van der Waals surface area contributed by atoms with Gasteiger partial charge in [-0.2, -0.15) is 0 Å². The summed E-state index contributed by atoms with van der Waals surface area (Å²) in [5.41, 5.74) is 1.68. The van der Waals surface area contributed by atoms with Gasteiger partial charge in [0.25, 0.3) is 0 Å². The fourth-order valence-electron chi connectivity index (χ4n) is 1.32. The molecule has 0 saturated carbocycles. The third-order valence-electron chi connectivity index (χ3n) is 1.94. The summed E-state index contributed by atoms with van der Waals surface area (Å²) in [6, 6.07) is 5.62. The molecule has 0 amide bonds. The van der Waals surface area contributed by atoms with Crippen LogP contribution in [0, 0.1) is 0 Å². The molecule has 0 aromatic heterocycles. The van der Waals surface area contributed by atoms with Gasteiger partial charge in [-0.1, -0.05) is 13.0 Å². The molecule has 0 bridgehead atoms. The van der Waals surface area contributed by atoms with Crippen LogP contribution in [0.15, 0.2) is 36.0 Å². The molecule has 1 rings (SSSR count). The second-order valence-electron chi connectivity index (χ2n) is 3.49. The van der Waals surface area contributed by atoms with Gasteiger partial charge in [-0.3, -0.25) is 0 Å². The monoisotopic (exact) mass is 245 g/mol. The Bertz CT molecular complexity index is 382. The Hall–Kier alpha value is -1.65. The fraction of sp³-hybridized carbons (Fsp3) is 0.333. The fourth-order valence-corrected chi connectivity index (χ4v) is 1.32. The number of benzene rings is 1. The molecule has 0 saturated heterocycles. The zero-order valence-electron chi connectivity index (χ0n) is 9.64. The van der Waals surface area contributed by atoms with Crippen LogP contribution in [0.4, 0.5) is 18.9 Å². The van der Waals surface area contributed by atoms with E-state index in [1.54, 1.807) is 0 Å². The highest BCUT2D eigenvalue weighted by molar-refractivity contribution is 5.50.